The van der Waals surface area contributed by atoms with Gasteiger partial charge in [-0.05, 0) is 25.5 Å². The van der Waals surface area contributed by atoms with E-state index in [1.165, 1.54) is 12.3 Å². The highest BCUT2D eigenvalue weighted by Gasteiger charge is 2.52. The minimum atomic E-state index is -3.14. The summed E-state index contributed by atoms with van der Waals surface area (Å²) in [5.74, 6) is -3.14. The third-order valence-corrected chi connectivity index (χ3v) is 4.58. The third-order valence-electron chi connectivity index (χ3n) is 4.58. The molecular weight excluding hydrogens is 322 g/mol. The average Bonchev–Trinajstić information content (AvgIpc) is 3.04. The maximum absolute atomic E-state index is 14.4. The molecule has 2 N–H and O–H groups in total. The van der Waals surface area contributed by atoms with Crippen molar-refractivity contribution in [3.05, 3.63) is 22.7 Å². The molecule has 134 valence electrons. The number of ether oxygens (including phenoxy) is 2. The van der Waals surface area contributed by atoms with Crippen molar-refractivity contribution in [2.24, 2.45) is 0 Å². The lowest BCUT2D eigenvalue weighted by molar-refractivity contribution is -0.119. The number of nitrogens with two attached hydrogens (primary N) is 1. The molecule has 0 aromatic carbocycles. The van der Waals surface area contributed by atoms with Gasteiger partial charge in [0.2, 0.25) is 6.23 Å². The number of likely N-dealkylation sites (tertiary alicyclic amines) is 1. The van der Waals surface area contributed by atoms with Crippen LogP contribution in [0.25, 0.3) is 0 Å². The second-order valence-corrected chi connectivity index (χ2v) is 6.36. The first kappa shape index (κ1) is 17.2. The topological polar surface area (TPSA) is 82.6 Å². The highest BCUT2D eigenvalue weighted by Crippen LogP contribution is 2.42. The van der Waals surface area contributed by atoms with Gasteiger partial charge in [-0.15, -0.1) is 0 Å². The van der Waals surface area contributed by atoms with Gasteiger partial charge >= 0.3 is 5.69 Å². The summed E-state index contributed by atoms with van der Waals surface area (Å²) in [4.78, 5) is 17.4. The summed E-state index contributed by atoms with van der Waals surface area (Å²) in [6, 6.07) is 1.54. The van der Waals surface area contributed by atoms with E-state index in [0.29, 0.717) is 13.2 Å². The quantitative estimate of drug-likeness (QED) is 0.853. The van der Waals surface area contributed by atoms with Crippen LogP contribution in [0.15, 0.2) is 17.1 Å². The summed E-state index contributed by atoms with van der Waals surface area (Å²) in [5.41, 5.74) is 4.57. The molecule has 7 nitrogen and oxygen atoms in total. The molecule has 2 aliphatic heterocycles. The van der Waals surface area contributed by atoms with Crippen LogP contribution in [-0.2, 0) is 9.47 Å². The van der Waals surface area contributed by atoms with Crippen molar-refractivity contribution in [3.8, 4) is 0 Å². The fourth-order valence-corrected chi connectivity index (χ4v) is 3.49. The largest absolute Gasteiger partial charge is 0.383 e. The van der Waals surface area contributed by atoms with Crippen LogP contribution in [0.3, 0.4) is 0 Å². The fourth-order valence-electron chi connectivity index (χ4n) is 3.49. The lowest BCUT2D eigenvalue weighted by Gasteiger charge is -2.26. The summed E-state index contributed by atoms with van der Waals surface area (Å²) in [6.07, 6.45) is 0.488. The van der Waals surface area contributed by atoms with Crippen LogP contribution in [0.4, 0.5) is 14.6 Å². The van der Waals surface area contributed by atoms with Gasteiger partial charge in [-0.1, -0.05) is 0 Å². The molecule has 9 heteroatoms. The Bertz CT molecular complexity index is 639. The maximum atomic E-state index is 14.4. The zero-order chi connectivity index (χ0) is 17.3. The first-order valence-electron chi connectivity index (χ1n) is 8.01. The summed E-state index contributed by atoms with van der Waals surface area (Å²) >= 11 is 0. The molecule has 3 heterocycles. The standard InChI is InChI=1S/C15H22F2N4O3/c1-23-9-10-3-2-5-20(10)8-11-7-15(16,17)13(24-11)21-6-4-12(18)19-14(21)22/h4,6,10-11,13H,2-3,5,7-9H2,1H3,(H2,18,19,22)/t10?,11-,13+/m0/s1. The van der Waals surface area contributed by atoms with E-state index in [1.54, 1.807) is 7.11 Å². The number of methoxy groups -OCH3 is 1. The molecule has 1 aromatic rings. The summed E-state index contributed by atoms with van der Waals surface area (Å²) in [5, 5.41) is 0. The summed E-state index contributed by atoms with van der Waals surface area (Å²) in [7, 11) is 1.63. The van der Waals surface area contributed by atoms with E-state index >= 15 is 0 Å². The molecule has 2 saturated heterocycles. The lowest BCUT2D eigenvalue weighted by atomic mass is 10.1. The number of nitrogens with zero attached hydrogens (tertiary/aromatic N) is 3. The second-order valence-electron chi connectivity index (χ2n) is 6.36. The van der Waals surface area contributed by atoms with E-state index in [-0.39, 0.29) is 11.9 Å². The molecule has 0 amide bonds. The molecule has 1 aromatic heterocycles. The van der Waals surface area contributed by atoms with Gasteiger partial charge in [0.25, 0.3) is 5.92 Å². The molecule has 3 atom stereocenters. The Labute approximate surface area is 138 Å². The Morgan fingerprint density at radius 1 is 1.54 bits per heavy atom. The van der Waals surface area contributed by atoms with E-state index in [2.05, 4.69) is 9.88 Å². The number of aromatic nitrogens is 2. The van der Waals surface area contributed by atoms with Crippen molar-refractivity contribution in [1.29, 1.82) is 0 Å². The SMILES string of the molecule is COCC1CCCN1C[C@@H]1CC(F)(F)[C@H](n2ccc(N)nc2=O)O1. The van der Waals surface area contributed by atoms with Crippen LogP contribution in [0.5, 0.6) is 0 Å². The van der Waals surface area contributed by atoms with Crippen LogP contribution in [0.1, 0.15) is 25.5 Å². The molecule has 0 radical (unpaired) electrons. The van der Waals surface area contributed by atoms with Crippen LogP contribution in [-0.4, -0.2) is 59.3 Å². The molecule has 24 heavy (non-hydrogen) atoms. The molecule has 0 saturated carbocycles. The Hall–Kier alpha value is -1.58. The smallest absolute Gasteiger partial charge is 0.351 e. The fraction of sp³-hybridized carbons (Fsp3) is 0.733. The van der Waals surface area contributed by atoms with E-state index < -0.39 is 30.4 Å². The van der Waals surface area contributed by atoms with E-state index in [0.717, 1.165) is 24.0 Å². The number of hydrogen-bond donors (Lipinski definition) is 1. The number of halogens is 2. The maximum Gasteiger partial charge on any atom is 0.351 e. The zero-order valence-corrected chi connectivity index (χ0v) is 13.5. The molecule has 2 aliphatic rings. The van der Waals surface area contributed by atoms with E-state index in [4.69, 9.17) is 15.2 Å². The molecule has 2 fully saturated rings. The second kappa shape index (κ2) is 6.73. The van der Waals surface area contributed by atoms with Crippen LogP contribution in [0, 0.1) is 0 Å². The van der Waals surface area contributed by atoms with Crippen molar-refractivity contribution in [3.63, 3.8) is 0 Å². The monoisotopic (exact) mass is 344 g/mol. The molecule has 3 rings (SSSR count). The van der Waals surface area contributed by atoms with Gasteiger partial charge in [0, 0.05) is 32.3 Å². The Balaban J connectivity index is 1.72. The highest BCUT2D eigenvalue weighted by atomic mass is 19.3. The van der Waals surface area contributed by atoms with Gasteiger partial charge in [-0.2, -0.15) is 4.98 Å². The van der Waals surface area contributed by atoms with Gasteiger partial charge in [-0.25, -0.2) is 13.6 Å². The summed E-state index contributed by atoms with van der Waals surface area (Å²) < 4.78 is 40.2. The zero-order valence-electron chi connectivity index (χ0n) is 13.5. The Morgan fingerprint density at radius 2 is 2.33 bits per heavy atom. The van der Waals surface area contributed by atoms with E-state index in [9.17, 15) is 13.6 Å². The summed E-state index contributed by atoms with van der Waals surface area (Å²) in [6.45, 7) is 1.82. The first-order valence-corrected chi connectivity index (χ1v) is 8.01. The number of hydrogen-bond acceptors (Lipinski definition) is 6. The normalized spacial score (nSPS) is 30.0. The lowest BCUT2D eigenvalue weighted by Crippen LogP contribution is -2.38. The van der Waals surface area contributed by atoms with Crippen molar-refractivity contribution < 1.29 is 18.3 Å². The predicted octanol–water partition coefficient (Wildman–Crippen LogP) is 0.859. The molecule has 0 aliphatic carbocycles. The van der Waals surface area contributed by atoms with Gasteiger partial charge < -0.3 is 15.2 Å². The molecular formula is C15H22F2N4O3. The predicted molar refractivity (Wildman–Crippen MR) is 82.9 cm³/mol. The number of rotatable bonds is 5. The number of nitrogen functional groups attached to an aromatic ring is 1. The number of alkyl halides is 2. The highest BCUT2D eigenvalue weighted by molar-refractivity contribution is 5.23. The first-order chi connectivity index (χ1) is 11.4. The van der Waals surface area contributed by atoms with Crippen LogP contribution < -0.4 is 11.4 Å². The van der Waals surface area contributed by atoms with Gasteiger partial charge in [0.05, 0.1) is 12.7 Å². The minimum Gasteiger partial charge on any atom is -0.383 e. The van der Waals surface area contributed by atoms with Gasteiger partial charge in [0.15, 0.2) is 0 Å². The van der Waals surface area contributed by atoms with Crippen LogP contribution in [0.2, 0.25) is 0 Å². The molecule has 0 spiro atoms. The van der Waals surface area contributed by atoms with Crippen molar-refractivity contribution >= 4 is 5.82 Å². The Morgan fingerprint density at radius 3 is 3.04 bits per heavy atom. The van der Waals surface area contributed by atoms with E-state index in [1.807, 2.05) is 0 Å². The van der Waals surface area contributed by atoms with Crippen molar-refractivity contribution in [1.82, 2.24) is 14.5 Å². The minimum absolute atomic E-state index is 0.00594. The average molecular weight is 344 g/mol. The van der Waals surface area contributed by atoms with Gasteiger partial charge in [-0.3, -0.25) is 9.47 Å². The van der Waals surface area contributed by atoms with Crippen LogP contribution >= 0.6 is 0 Å². The number of anilines is 1. The van der Waals surface area contributed by atoms with Crippen molar-refractivity contribution in [2.45, 2.75) is 43.6 Å². The molecule has 1 unspecified atom stereocenters. The van der Waals surface area contributed by atoms with Gasteiger partial charge in [0.1, 0.15) is 5.82 Å². The third kappa shape index (κ3) is 3.42. The molecule has 0 bridgehead atoms. The van der Waals surface area contributed by atoms with Crippen molar-refractivity contribution in [2.75, 3.05) is 32.5 Å². The Kier molecular flexibility index (Phi) is 4.84.